The zero-order valence-corrected chi connectivity index (χ0v) is 28.2. The van der Waals surface area contributed by atoms with Gasteiger partial charge in [0.15, 0.2) is 0 Å². The molecule has 9 heteroatoms. The van der Waals surface area contributed by atoms with Gasteiger partial charge in [0.2, 0.25) is 0 Å². The maximum absolute atomic E-state index is 4.26. The molecule has 5 saturated heterocycles. The van der Waals surface area contributed by atoms with Crippen molar-refractivity contribution in [3.8, 4) is 0 Å². The van der Waals surface area contributed by atoms with Gasteiger partial charge in [-0.1, -0.05) is 51.4 Å². The van der Waals surface area contributed by atoms with Gasteiger partial charge < -0.3 is 0 Å². The Kier molecular flexibility index (Phi) is 8.43. The van der Waals surface area contributed by atoms with Crippen LogP contribution < -0.4 is 42.5 Å². The monoisotopic (exact) mass is 733 g/mol. The molecule has 8 unspecified atom stereocenters. The van der Waals surface area contributed by atoms with Crippen LogP contribution in [0, 0.1) is 47.3 Å². The van der Waals surface area contributed by atoms with Crippen LogP contribution in [0.15, 0.2) is 0 Å². The Hall–Kier alpha value is 0.420. The van der Waals surface area contributed by atoms with Crippen molar-refractivity contribution in [2.75, 3.05) is 0 Å². The van der Waals surface area contributed by atoms with E-state index < -0.39 is 0 Å². The van der Waals surface area contributed by atoms with Gasteiger partial charge in [0, 0.05) is 22.4 Å². The summed E-state index contributed by atoms with van der Waals surface area (Å²) in [6.45, 7) is 0. The first-order valence-corrected chi connectivity index (χ1v) is 17.9. The first-order chi connectivity index (χ1) is 19.8. The fourth-order valence-corrected chi connectivity index (χ4v) is 12.0. The number of fused-ring (bicyclic) bond motifs is 20. The molecule has 229 valence electrons. The molecule has 4 aliphatic carbocycles. The largest absolute Gasteiger partial charge is 0.286 e. The van der Waals surface area contributed by atoms with Crippen LogP contribution in [0.4, 0.5) is 0 Å². The van der Waals surface area contributed by atoms with Gasteiger partial charge >= 0.3 is 0 Å². The summed E-state index contributed by atoms with van der Waals surface area (Å²) < 4.78 is 0. The molecule has 8 bridgehead atoms. The summed E-state index contributed by atoms with van der Waals surface area (Å²) in [5.41, 5.74) is 0. The van der Waals surface area contributed by atoms with Crippen LogP contribution in [0.1, 0.15) is 103 Å². The van der Waals surface area contributed by atoms with Crippen LogP contribution in [0.25, 0.3) is 0 Å². The van der Waals surface area contributed by atoms with Gasteiger partial charge in [-0.2, -0.15) is 0 Å². The molecule has 4 saturated carbocycles. The minimum Gasteiger partial charge on any atom is -0.286 e. The molecule has 41 heavy (non-hydrogen) atoms. The normalized spacial score (nSPS) is 56.2. The number of hydrogen-bond acceptors (Lipinski definition) is 8. The van der Waals surface area contributed by atoms with E-state index in [-0.39, 0.29) is 22.4 Å². The maximum atomic E-state index is 4.26. The Morgan fingerprint density at radius 1 is 0.220 bits per heavy atom. The van der Waals surface area contributed by atoms with E-state index in [1.807, 2.05) is 0 Å². The SMILES string of the molecule is C1CCC2C3NC(NC4NC(NC5NC(NC6NC(N3)C3CCCCC63)C3CCCCC53)C3CCCCC43)C2C1.[Ta]. The van der Waals surface area contributed by atoms with Crippen molar-refractivity contribution in [2.45, 2.75) is 152 Å². The van der Waals surface area contributed by atoms with E-state index in [4.69, 9.17) is 0 Å². The van der Waals surface area contributed by atoms with Gasteiger partial charge in [-0.3, -0.25) is 42.5 Å². The van der Waals surface area contributed by atoms with Gasteiger partial charge in [-0.05, 0) is 98.7 Å². The van der Waals surface area contributed by atoms with E-state index in [0.29, 0.717) is 49.3 Å². The molecule has 0 aromatic carbocycles. The third-order valence-electron chi connectivity index (χ3n) is 13.8. The Morgan fingerprint density at radius 3 is 0.463 bits per heavy atom. The van der Waals surface area contributed by atoms with E-state index in [1.165, 1.54) is 103 Å². The standard InChI is InChI=1S/C32H56N8.Ta/c1-2-10-18-17(9-1)25-33-26(18)38-28-21-13-5-6-14-22(21)30(35-28)40-32-24-16-8-7-15-23(24)31(36-32)39-29-20-12-4-3-11-19(20)27(34-29)37-25;/h17-40H,1-16H2;. The molecule has 8 atom stereocenters. The fourth-order valence-electron chi connectivity index (χ4n) is 12.0. The molecule has 0 amide bonds. The second-order valence-corrected chi connectivity index (χ2v) is 15.6. The third-order valence-corrected chi connectivity index (χ3v) is 13.8. The first-order valence-electron chi connectivity index (χ1n) is 17.9. The summed E-state index contributed by atoms with van der Waals surface area (Å²) in [4.78, 5) is 0. The van der Waals surface area contributed by atoms with Crippen molar-refractivity contribution >= 4 is 0 Å². The summed E-state index contributed by atoms with van der Waals surface area (Å²) in [6.07, 6.45) is 25.6. The van der Waals surface area contributed by atoms with Gasteiger partial charge in [0.25, 0.3) is 0 Å². The summed E-state index contributed by atoms with van der Waals surface area (Å²) in [7, 11) is 0. The van der Waals surface area contributed by atoms with Crippen LogP contribution in [-0.2, 0) is 22.4 Å². The third kappa shape index (κ3) is 5.08. The van der Waals surface area contributed by atoms with E-state index in [9.17, 15) is 0 Å². The zero-order chi connectivity index (χ0) is 26.2. The van der Waals surface area contributed by atoms with Crippen molar-refractivity contribution in [3.05, 3.63) is 0 Å². The number of hydrogen-bond donors (Lipinski definition) is 8. The molecular weight excluding hydrogens is 677 g/mol. The van der Waals surface area contributed by atoms with Crippen molar-refractivity contribution < 1.29 is 22.4 Å². The molecule has 9 rings (SSSR count). The van der Waals surface area contributed by atoms with E-state index in [2.05, 4.69) is 42.5 Å². The molecule has 8 nitrogen and oxygen atoms in total. The summed E-state index contributed by atoms with van der Waals surface area (Å²) >= 11 is 0. The van der Waals surface area contributed by atoms with Crippen molar-refractivity contribution in [1.29, 1.82) is 0 Å². The van der Waals surface area contributed by atoms with Crippen LogP contribution in [-0.4, -0.2) is 49.3 Å². The average molecular weight is 734 g/mol. The van der Waals surface area contributed by atoms with E-state index >= 15 is 0 Å². The van der Waals surface area contributed by atoms with Gasteiger partial charge in [0.1, 0.15) is 0 Å². The Bertz CT molecular complexity index is 716. The number of rotatable bonds is 0. The van der Waals surface area contributed by atoms with Gasteiger partial charge in [0.05, 0.1) is 49.3 Å². The molecule has 5 aliphatic heterocycles. The topological polar surface area (TPSA) is 96.2 Å². The molecular formula is C32H56N8Ta. The Balaban J connectivity index is 0.00000256. The van der Waals surface area contributed by atoms with Crippen LogP contribution in [0.2, 0.25) is 0 Å². The summed E-state index contributed by atoms with van der Waals surface area (Å²) in [5.74, 6) is 5.97. The zero-order valence-electron chi connectivity index (χ0n) is 25.0. The van der Waals surface area contributed by atoms with E-state index in [1.54, 1.807) is 0 Å². The van der Waals surface area contributed by atoms with Crippen molar-refractivity contribution in [1.82, 2.24) is 42.5 Å². The maximum Gasteiger partial charge on any atom is 0.0628 e. The fraction of sp³-hybridized carbons (Fsp3) is 1.00. The van der Waals surface area contributed by atoms with Gasteiger partial charge in [-0.15, -0.1) is 0 Å². The predicted molar refractivity (Wildman–Crippen MR) is 157 cm³/mol. The molecule has 5 heterocycles. The minimum atomic E-state index is 0. The molecule has 1 radical (unpaired) electrons. The minimum absolute atomic E-state index is 0. The molecule has 9 fully saturated rings. The van der Waals surface area contributed by atoms with Crippen LogP contribution in [0.5, 0.6) is 0 Å². The molecule has 0 aromatic heterocycles. The van der Waals surface area contributed by atoms with Crippen molar-refractivity contribution in [2.24, 2.45) is 47.3 Å². The Labute approximate surface area is 263 Å². The van der Waals surface area contributed by atoms with Crippen LogP contribution >= 0.6 is 0 Å². The predicted octanol–water partition coefficient (Wildman–Crippen LogP) is 2.60. The molecule has 0 aromatic rings. The van der Waals surface area contributed by atoms with Crippen molar-refractivity contribution in [3.63, 3.8) is 0 Å². The van der Waals surface area contributed by atoms with E-state index in [0.717, 1.165) is 47.3 Å². The smallest absolute Gasteiger partial charge is 0.0628 e. The van der Waals surface area contributed by atoms with Gasteiger partial charge in [-0.25, -0.2) is 0 Å². The number of nitrogens with one attached hydrogen (secondary N) is 8. The molecule has 9 aliphatic rings. The second-order valence-electron chi connectivity index (χ2n) is 15.6. The quantitative estimate of drug-likeness (QED) is 0.193. The molecule has 8 N–H and O–H groups in total. The molecule has 0 spiro atoms. The first kappa shape index (κ1) is 28.9. The average Bonchev–Trinajstić information content (AvgIpc) is 3.73. The summed E-state index contributed by atoms with van der Waals surface area (Å²) in [5, 5.41) is 33.8. The van der Waals surface area contributed by atoms with Crippen LogP contribution in [0.3, 0.4) is 0 Å². The summed E-state index contributed by atoms with van der Waals surface area (Å²) in [6, 6.07) is 0. The second kappa shape index (κ2) is 12.0. The Morgan fingerprint density at radius 2 is 0.341 bits per heavy atom.